The van der Waals surface area contributed by atoms with E-state index in [-0.39, 0.29) is 0 Å². The van der Waals surface area contributed by atoms with E-state index >= 15 is 0 Å². The van der Waals surface area contributed by atoms with Crippen molar-refractivity contribution in [1.29, 1.82) is 0 Å². The fraction of sp³-hybridized carbons (Fsp3) is 0.412. The van der Waals surface area contributed by atoms with Crippen molar-refractivity contribution in [3.8, 4) is 0 Å². The highest BCUT2D eigenvalue weighted by Gasteiger charge is 2.04. The van der Waals surface area contributed by atoms with Gasteiger partial charge in [0, 0.05) is 29.0 Å². The Kier molecular flexibility index (Phi) is 5.61. The highest BCUT2D eigenvalue weighted by Crippen LogP contribution is 2.23. The van der Waals surface area contributed by atoms with Gasteiger partial charge in [-0.1, -0.05) is 31.5 Å². The highest BCUT2D eigenvalue weighted by molar-refractivity contribution is 6.31. The second-order valence-electron chi connectivity index (χ2n) is 5.92. The number of rotatable bonds is 6. The van der Waals surface area contributed by atoms with Crippen molar-refractivity contribution in [3.63, 3.8) is 0 Å². The summed E-state index contributed by atoms with van der Waals surface area (Å²) in [5.41, 5.74) is 2.90. The van der Waals surface area contributed by atoms with Crippen LogP contribution in [-0.2, 0) is 0 Å². The summed E-state index contributed by atoms with van der Waals surface area (Å²) in [5.74, 6) is 2.07. The molecule has 0 spiro atoms. The Hall–Kier alpha value is -1.81. The minimum Gasteiger partial charge on any atom is -0.354 e. The Balaban J connectivity index is 2.10. The van der Waals surface area contributed by atoms with Gasteiger partial charge in [-0.15, -0.1) is 0 Å². The van der Waals surface area contributed by atoms with Crippen molar-refractivity contribution in [3.05, 3.63) is 40.5 Å². The van der Waals surface area contributed by atoms with E-state index in [0.717, 1.165) is 40.8 Å². The van der Waals surface area contributed by atoms with Gasteiger partial charge in [0.2, 0.25) is 5.95 Å². The van der Waals surface area contributed by atoms with Crippen molar-refractivity contribution in [2.45, 2.75) is 34.1 Å². The van der Waals surface area contributed by atoms with Crippen LogP contribution in [0.5, 0.6) is 0 Å². The number of hydrogen-bond acceptors (Lipinski definition) is 4. The van der Waals surface area contributed by atoms with E-state index in [4.69, 9.17) is 11.6 Å². The normalized spacial score (nSPS) is 10.8. The van der Waals surface area contributed by atoms with E-state index < -0.39 is 0 Å². The number of aryl methyl sites for hydroxylation is 2. The maximum atomic E-state index is 6.16. The third kappa shape index (κ3) is 4.88. The largest absolute Gasteiger partial charge is 0.354 e. The predicted molar refractivity (Wildman–Crippen MR) is 94.2 cm³/mol. The SMILES string of the molecule is Cc1cc(Nc2ccc(C)c(Cl)c2)nc(NCCC(C)C)n1. The molecule has 5 heteroatoms. The van der Waals surface area contributed by atoms with Crippen molar-refractivity contribution < 1.29 is 0 Å². The number of anilines is 3. The van der Waals surface area contributed by atoms with Gasteiger partial charge >= 0.3 is 0 Å². The molecular weight excluding hydrogens is 296 g/mol. The van der Waals surface area contributed by atoms with Gasteiger partial charge in [-0.2, -0.15) is 4.98 Å². The van der Waals surface area contributed by atoms with Crippen LogP contribution in [0.4, 0.5) is 17.5 Å². The summed E-state index contributed by atoms with van der Waals surface area (Å²) in [7, 11) is 0. The van der Waals surface area contributed by atoms with Gasteiger partial charge < -0.3 is 10.6 Å². The molecule has 0 radical (unpaired) electrons. The molecule has 0 amide bonds. The Morgan fingerprint density at radius 3 is 2.59 bits per heavy atom. The zero-order chi connectivity index (χ0) is 16.1. The first kappa shape index (κ1) is 16.6. The molecule has 0 saturated carbocycles. The third-order valence-corrected chi connectivity index (χ3v) is 3.71. The van der Waals surface area contributed by atoms with E-state index in [1.165, 1.54) is 0 Å². The summed E-state index contributed by atoms with van der Waals surface area (Å²) in [4.78, 5) is 8.92. The fourth-order valence-electron chi connectivity index (χ4n) is 2.00. The lowest BCUT2D eigenvalue weighted by Crippen LogP contribution is -2.09. The van der Waals surface area contributed by atoms with Gasteiger partial charge in [0.25, 0.3) is 0 Å². The monoisotopic (exact) mass is 318 g/mol. The van der Waals surface area contributed by atoms with Crippen LogP contribution in [0.2, 0.25) is 5.02 Å². The zero-order valence-corrected chi connectivity index (χ0v) is 14.3. The van der Waals surface area contributed by atoms with Crippen LogP contribution >= 0.6 is 11.6 Å². The van der Waals surface area contributed by atoms with Crippen molar-refractivity contribution in [1.82, 2.24) is 9.97 Å². The predicted octanol–water partition coefficient (Wildman–Crippen LogP) is 4.95. The third-order valence-electron chi connectivity index (χ3n) is 3.30. The standard InChI is InChI=1S/C17H23ClN4/c1-11(2)7-8-19-17-20-13(4)9-16(22-17)21-14-6-5-12(3)15(18)10-14/h5-6,9-11H,7-8H2,1-4H3,(H2,19,20,21,22). The molecule has 0 aliphatic carbocycles. The van der Waals surface area contributed by atoms with Gasteiger partial charge in [0.1, 0.15) is 5.82 Å². The van der Waals surface area contributed by atoms with Gasteiger partial charge in [0.15, 0.2) is 0 Å². The first-order valence-electron chi connectivity index (χ1n) is 7.57. The highest BCUT2D eigenvalue weighted by atomic mass is 35.5. The molecule has 0 saturated heterocycles. The molecule has 0 aliphatic rings. The molecule has 0 fully saturated rings. The van der Waals surface area contributed by atoms with Crippen LogP contribution < -0.4 is 10.6 Å². The van der Waals surface area contributed by atoms with Gasteiger partial charge in [0.05, 0.1) is 0 Å². The van der Waals surface area contributed by atoms with E-state index in [1.54, 1.807) is 0 Å². The van der Waals surface area contributed by atoms with Crippen LogP contribution in [-0.4, -0.2) is 16.5 Å². The lowest BCUT2D eigenvalue weighted by atomic mass is 10.1. The zero-order valence-electron chi connectivity index (χ0n) is 13.6. The van der Waals surface area contributed by atoms with Gasteiger partial charge in [-0.05, 0) is 43.9 Å². The molecule has 2 rings (SSSR count). The van der Waals surface area contributed by atoms with Crippen LogP contribution in [0.1, 0.15) is 31.5 Å². The summed E-state index contributed by atoms with van der Waals surface area (Å²) >= 11 is 6.16. The van der Waals surface area contributed by atoms with E-state index in [2.05, 4.69) is 34.4 Å². The molecule has 118 valence electrons. The summed E-state index contributed by atoms with van der Waals surface area (Å²) in [5, 5.41) is 7.29. The lowest BCUT2D eigenvalue weighted by molar-refractivity contribution is 0.606. The molecular formula is C17H23ClN4. The molecule has 1 heterocycles. The van der Waals surface area contributed by atoms with Crippen molar-refractivity contribution >= 4 is 29.1 Å². The molecule has 0 aliphatic heterocycles. The number of halogens is 1. The molecule has 1 aromatic carbocycles. The molecule has 0 unspecified atom stereocenters. The van der Waals surface area contributed by atoms with Crippen LogP contribution in [0.15, 0.2) is 24.3 Å². The molecule has 22 heavy (non-hydrogen) atoms. The lowest BCUT2D eigenvalue weighted by Gasteiger charge is -2.11. The number of nitrogens with one attached hydrogen (secondary N) is 2. The van der Waals surface area contributed by atoms with Gasteiger partial charge in [-0.25, -0.2) is 4.98 Å². The van der Waals surface area contributed by atoms with Gasteiger partial charge in [-0.3, -0.25) is 0 Å². The minimum atomic E-state index is 0.654. The quantitative estimate of drug-likeness (QED) is 0.791. The van der Waals surface area contributed by atoms with Crippen LogP contribution in [0, 0.1) is 19.8 Å². The number of nitrogens with zero attached hydrogens (tertiary/aromatic N) is 2. The average Bonchev–Trinajstić information content (AvgIpc) is 2.42. The Morgan fingerprint density at radius 1 is 1.14 bits per heavy atom. The molecule has 4 nitrogen and oxygen atoms in total. The molecule has 0 bridgehead atoms. The number of benzene rings is 1. The molecule has 0 atom stereocenters. The first-order chi connectivity index (χ1) is 10.4. The minimum absolute atomic E-state index is 0.654. The molecule has 2 aromatic rings. The Bertz CT molecular complexity index is 641. The summed E-state index contributed by atoms with van der Waals surface area (Å²) in [6, 6.07) is 7.80. The van der Waals surface area contributed by atoms with E-state index in [1.807, 2.05) is 38.1 Å². The fourth-order valence-corrected chi connectivity index (χ4v) is 2.18. The van der Waals surface area contributed by atoms with E-state index in [9.17, 15) is 0 Å². The summed E-state index contributed by atoms with van der Waals surface area (Å²) < 4.78 is 0. The average molecular weight is 319 g/mol. The Labute approximate surface area is 137 Å². The van der Waals surface area contributed by atoms with Crippen molar-refractivity contribution in [2.75, 3.05) is 17.2 Å². The van der Waals surface area contributed by atoms with Crippen molar-refractivity contribution in [2.24, 2.45) is 5.92 Å². The first-order valence-corrected chi connectivity index (χ1v) is 7.94. The maximum Gasteiger partial charge on any atom is 0.224 e. The summed E-state index contributed by atoms with van der Waals surface area (Å²) in [6.07, 6.45) is 1.09. The second-order valence-corrected chi connectivity index (χ2v) is 6.32. The van der Waals surface area contributed by atoms with Crippen LogP contribution in [0.3, 0.4) is 0 Å². The number of hydrogen-bond donors (Lipinski definition) is 2. The molecule has 1 aromatic heterocycles. The Morgan fingerprint density at radius 2 is 1.91 bits per heavy atom. The maximum absolute atomic E-state index is 6.16. The summed E-state index contributed by atoms with van der Waals surface area (Å²) in [6.45, 7) is 9.22. The van der Waals surface area contributed by atoms with Crippen LogP contribution in [0.25, 0.3) is 0 Å². The topological polar surface area (TPSA) is 49.8 Å². The smallest absolute Gasteiger partial charge is 0.224 e. The van der Waals surface area contributed by atoms with E-state index in [0.29, 0.717) is 11.9 Å². The molecule has 2 N–H and O–H groups in total. The second kappa shape index (κ2) is 7.45. The number of aromatic nitrogens is 2.